The molecule has 2 amide bonds. The topological polar surface area (TPSA) is 81.4 Å². The Bertz CT molecular complexity index is 527. The summed E-state index contributed by atoms with van der Waals surface area (Å²) in [5.41, 5.74) is 5.59. The van der Waals surface area contributed by atoms with Crippen molar-refractivity contribution in [1.82, 2.24) is 5.32 Å². The SMILES string of the molecule is C[C@@H]1[C@H](C)CCC[C@@H]1NC(=O)COc1ccc(C(N)=O)cc1. The van der Waals surface area contributed by atoms with Gasteiger partial charge < -0.3 is 15.8 Å². The van der Waals surface area contributed by atoms with E-state index in [0.29, 0.717) is 23.1 Å². The smallest absolute Gasteiger partial charge is 0.258 e. The molecule has 0 heterocycles. The van der Waals surface area contributed by atoms with E-state index in [-0.39, 0.29) is 18.6 Å². The number of carbonyl (C=O) groups is 2. The van der Waals surface area contributed by atoms with Crippen LogP contribution in [0.4, 0.5) is 0 Å². The minimum Gasteiger partial charge on any atom is -0.484 e. The summed E-state index contributed by atoms with van der Waals surface area (Å²) in [7, 11) is 0. The fourth-order valence-electron chi connectivity index (χ4n) is 2.90. The van der Waals surface area contributed by atoms with Crippen LogP contribution in [0.2, 0.25) is 0 Å². The lowest BCUT2D eigenvalue weighted by atomic mass is 9.78. The number of nitrogens with two attached hydrogens (primary N) is 1. The third-order valence-corrected chi connectivity index (χ3v) is 4.56. The highest BCUT2D eigenvalue weighted by atomic mass is 16.5. The molecule has 0 aromatic heterocycles. The average molecular weight is 304 g/mol. The first kappa shape index (κ1) is 16.3. The lowest BCUT2D eigenvalue weighted by molar-refractivity contribution is -0.124. The molecule has 22 heavy (non-hydrogen) atoms. The Morgan fingerprint density at radius 1 is 1.23 bits per heavy atom. The zero-order chi connectivity index (χ0) is 16.1. The third kappa shape index (κ3) is 4.23. The first-order valence-electron chi connectivity index (χ1n) is 7.79. The second-order valence-electron chi connectivity index (χ2n) is 6.12. The van der Waals surface area contributed by atoms with Crippen molar-refractivity contribution in [2.24, 2.45) is 17.6 Å². The lowest BCUT2D eigenvalue weighted by Crippen LogP contribution is -2.45. The van der Waals surface area contributed by atoms with Gasteiger partial charge >= 0.3 is 0 Å². The van der Waals surface area contributed by atoms with E-state index in [4.69, 9.17) is 10.5 Å². The molecular weight excluding hydrogens is 280 g/mol. The van der Waals surface area contributed by atoms with Gasteiger partial charge in [0.25, 0.3) is 5.91 Å². The first-order valence-corrected chi connectivity index (χ1v) is 7.79. The molecular formula is C17H24N2O3. The molecule has 1 aromatic rings. The number of hydrogen-bond donors (Lipinski definition) is 2. The van der Waals surface area contributed by atoms with Crippen molar-refractivity contribution < 1.29 is 14.3 Å². The largest absolute Gasteiger partial charge is 0.484 e. The molecule has 1 aliphatic carbocycles. The lowest BCUT2D eigenvalue weighted by Gasteiger charge is -2.34. The predicted molar refractivity (Wildman–Crippen MR) is 84.6 cm³/mol. The molecule has 3 atom stereocenters. The van der Waals surface area contributed by atoms with Crippen LogP contribution in [0, 0.1) is 11.8 Å². The predicted octanol–water partition coefficient (Wildman–Crippen LogP) is 2.11. The van der Waals surface area contributed by atoms with Gasteiger partial charge in [-0.1, -0.05) is 26.7 Å². The first-order chi connectivity index (χ1) is 10.5. The van der Waals surface area contributed by atoms with Crippen LogP contribution in [-0.4, -0.2) is 24.5 Å². The van der Waals surface area contributed by atoms with Crippen molar-refractivity contribution in [2.45, 2.75) is 39.2 Å². The van der Waals surface area contributed by atoms with Gasteiger partial charge in [0.05, 0.1) is 0 Å². The van der Waals surface area contributed by atoms with Gasteiger partial charge in [0.1, 0.15) is 5.75 Å². The molecule has 1 aliphatic rings. The number of nitrogens with one attached hydrogen (secondary N) is 1. The normalized spacial score (nSPS) is 24.5. The zero-order valence-electron chi connectivity index (χ0n) is 13.2. The minimum atomic E-state index is -0.482. The number of rotatable bonds is 5. The monoisotopic (exact) mass is 304 g/mol. The van der Waals surface area contributed by atoms with Crippen LogP contribution >= 0.6 is 0 Å². The van der Waals surface area contributed by atoms with Crippen LogP contribution in [0.5, 0.6) is 5.75 Å². The van der Waals surface area contributed by atoms with E-state index in [1.807, 2.05) is 0 Å². The molecule has 120 valence electrons. The number of benzene rings is 1. The fraction of sp³-hybridized carbons (Fsp3) is 0.529. The van der Waals surface area contributed by atoms with Gasteiger partial charge in [-0.2, -0.15) is 0 Å². The Hall–Kier alpha value is -2.04. The van der Waals surface area contributed by atoms with E-state index < -0.39 is 5.91 Å². The maximum absolute atomic E-state index is 12.0. The Kier molecular flexibility index (Phi) is 5.41. The molecule has 0 spiro atoms. The van der Waals surface area contributed by atoms with Crippen LogP contribution in [0.25, 0.3) is 0 Å². The minimum absolute atomic E-state index is 0.0203. The van der Waals surface area contributed by atoms with Gasteiger partial charge in [-0.05, 0) is 42.5 Å². The summed E-state index contributed by atoms with van der Waals surface area (Å²) in [6.07, 6.45) is 3.42. The summed E-state index contributed by atoms with van der Waals surface area (Å²) in [6, 6.07) is 6.68. The van der Waals surface area contributed by atoms with Crippen LogP contribution < -0.4 is 15.8 Å². The van der Waals surface area contributed by atoms with Crippen molar-refractivity contribution in [1.29, 1.82) is 0 Å². The molecule has 0 aliphatic heterocycles. The molecule has 5 heteroatoms. The second kappa shape index (κ2) is 7.29. The van der Waals surface area contributed by atoms with E-state index in [1.54, 1.807) is 24.3 Å². The number of primary amides is 1. The van der Waals surface area contributed by atoms with Gasteiger partial charge in [-0.15, -0.1) is 0 Å². The molecule has 1 aromatic carbocycles. The highest BCUT2D eigenvalue weighted by Crippen LogP contribution is 2.29. The van der Waals surface area contributed by atoms with E-state index >= 15 is 0 Å². The van der Waals surface area contributed by atoms with E-state index in [2.05, 4.69) is 19.2 Å². The Balaban J connectivity index is 1.81. The molecule has 0 saturated heterocycles. The van der Waals surface area contributed by atoms with Crippen molar-refractivity contribution in [2.75, 3.05) is 6.61 Å². The standard InChI is InChI=1S/C17H24N2O3/c1-11-4-3-5-15(12(11)2)19-16(20)10-22-14-8-6-13(7-9-14)17(18)21/h6-9,11-12,15H,3-5,10H2,1-2H3,(H2,18,21)(H,19,20)/t11-,12-,15+/m1/s1. The van der Waals surface area contributed by atoms with Gasteiger partial charge in [0.2, 0.25) is 5.91 Å². The highest BCUT2D eigenvalue weighted by molar-refractivity contribution is 5.92. The van der Waals surface area contributed by atoms with Crippen molar-refractivity contribution in [3.8, 4) is 5.75 Å². The molecule has 0 unspecified atom stereocenters. The van der Waals surface area contributed by atoms with Crippen molar-refractivity contribution >= 4 is 11.8 Å². The Morgan fingerprint density at radius 2 is 1.91 bits per heavy atom. The van der Waals surface area contributed by atoms with Crippen molar-refractivity contribution in [3.05, 3.63) is 29.8 Å². The summed E-state index contributed by atoms with van der Waals surface area (Å²) in [4.78, 5) is 23.0. The van der Waals surface area contributed by atoms with Gasteiger partial charge in [0, 0.05) is 11.6 Å². The summed E-state index contributed by atoms with van der Waals surface area (Å²) in [5, 5.41) is 3.06. The summed E-state index contributed by atoms with van der Waals surface area (Å²) in [6.45, 7) is 4.41. The molecule has 3 N–H and O–H groups in total. The number of carbonyl (C=O) groups excluding carboxylic acids is 2. The van der Waals surface area contributed by atoms with Gasteiger partial charge in [-0.25, -0.2) is 0 Å². The summed E-state index contributed by atoms with van der Waals surface area (Å²) < 4.78 is 5.44. The molecule has 1 fully saturated rings. The van der Waals surface area contributed by atoms with Crippen LogP contribution in [0.1, 0.15) is 43.5 Å². The molecule has 0 radical (unpaired) electrons. The van der Waals surface area contributed by atoms with Crippen LogP contribution in [0.3, 0.4) is 0 Å². The average Bonchev–Trinajstić information content (AvgIpc) is 2.50. The molecule has 2 rings (SSSR count). The molecule has 5 nitrogen and oxygen atoms in total. The van der Waals surface area contributed by atoms with E-state index in [0.717, 1.165) is 12.8 Å². The molecule has 1 saturated carbocycles. The second-order valence-corrected chi connectivity index (χ2v) is 6.12. The Labute approximate surface area is 131 Å². The van der Waals surface area contributed by atoms with Crippen LogP contribution in [0.15, 0.2) is 24.3 Å². The highest BCUT2D eigenvalue weighted by Gasteiger charge is 2.28. The van der Waals surface area contributed by atoms with Crippen molar-refractivity contribution in [3.63, 3.8) is 0 Å². The molecule has 0 bridgehead atoms. The Morgan fingerprint density at radius 3 is 2.55 bits per heavy atom. The van der Waals surface area contributed by atoms with Gasteiger partial charge in [0.15, 0.2) is 6.61 Å². The van der Waals surface area contributed by atoms with E-state index in [9.17, 15) is 9.59 Å². The quantitative estimate of drug-likeness (QED) is 0.874. The van der Waals surface area contributed by atoms with Gasteiger partial charge in [-0.3, -0.25) is 9.59 Å². The fourth-order valence-corrected chi connectivity index (χ4v) is 2.90. The van der Waals surface area contributed by atoms with Crippen LogP contribution in [-0.2, 0) is 4.79 Å². The third-order valence-electron chi connectivity index (χ3n) is 4.56. The number of ether oxygens (including phenoxy) is 1. The zero-order valence-corrected chi connectivity index (χ0v) is 13.2. The number of hydrogen-bond acceptors (Lipinski definition) is 3. The maximum atomic E-state index is 12.0. The summed E-state index contributed by atoms with van der Waals surface area (Å²) >= 11 is 0. The van der Waals surface area contributed by atoms with E-state index in [1.165, 1.54) is 6.42 Å². The summed E-state index contributed by atoms with van der Waals surface area (Å²) in [5.74, 6) is 1.09. The maximum Gasteiger partial charge on any atom is 0.258 e. The number of amides is 2.